The van der Waals surface area contributed by atoms with E-state index in [0.717, 1.165) is 5.56 Å². The van der Waals surface area contributed by atoms with Gasteiger partial charge >= 0.3 is 0 Å². The summed E-state index contributed by atoms with van der Waals surface area (Å²) in [6.07, 6.45) is -0.634. The Morgan fingerprint density at radius 1 is 1.09 bits per heavy atom. The standard InChI is InChI=1S/C18H19NO4/c1-12(20)15-8-16(21-2)18(17(9-15)22-3)23-11-14-6-4-13(10-19)5-7-14/h4-9,12,20H,11H2,1-3H3/t12-/m0/s1. The zero-order valence-electron chi connectivity index (χ0n) is 13.4. The normalized spacial score (nSPS) is 11.4. The van der Waals surface area contributed by atoms with E-state index in [4.69, 9.17) is 19.5 Å². The highest BCUT2D eigenvalue weighted by Crippen LogP contribution is 2.40. The van der Waals surface area contributed by atoms with Crippen LogP contribution < -0.4 is 14.2 Å². The van der Waals surface area contributed by atoms with Gasteiger partial charge in [-0.05, 0) is 42.3 Å². The number of methoxy groups -OCH3 is 2. The third kappa shape index (κ3) is 3.93. The van der Waals surface area contributed by atoms with Crippen LogP contribution in [0.2, 0.25) is 0 Å². The molecule has 5 nitrogen and oxygen atoms in total. The zero-order valence-corrected chi connectivity index (χ0v) is 13.4. The predicted octanol–water partition coefficient (Wildman–Crippen LogP) is 3.21. The van der Waals surface area contributed by atoms with Crippen molar-refractivity contribution in [3.05, 3.63) is 53.1 Å². The van der Waals surface area contributed by atoms with Gasteiger partial charge in [0.2, 0.25) is 5.75 Å². The molecule has 0 amide bonds. The average molecular weight is 313 g/mol. The van der Waals surface area contributed by atoms with E-state index in [1.807, 2.05) is 12.1 Å². The van der Waals surface area contributed by atoms with Gasteiger partial charge in [0.15, 0.2) is 11.5 Å². The molecule has 5 heteroatoms. The summed E-state index contributed by atoms with van der Waals surface area (Å²) in [5.41, 5.74) is 2.21. The number of aliphatic hydroxyl groups is 1. The van der Waals surface area contributed by atoms with Crippen molar-refractivity contribution in [3.63, 3.8) is 0 Å². The maximum Gasteiger partial charge on any atom is 0.203 e. The predicted molar refractivity (Wildman–Crippen MR) is 85.7 cm³/mol. The maximum atomic E-state index is 9.73. The highest BCUT2D eigenvalue weighted by atomic mass is 16.5. The van der Waals surface area contributed by atoms with Gasteiger partial charge in [-0.3, -0.25) is 0 Å². The van der Waals surface area contributed by atoms with Gasteiger partial charge < -0.3 is 19.3 Å². The first-order valence-electron chi connectivity index (χ1n) is 7.14. The second-order valence-corrected chi connectivity index (χ2v) is 5.03. The van der Waals surface area contributed by atoms with Crippen molar-refractivity contribution in [1.29, 1.82) is 5.26 Å². The second kappa shape index (κ2) is 7.52. The lowest BCUT2D eigenvalue weighted by molar-refractivity contribution is 0.197. The van der Waals surface area contributed by atoms with Gasteiger partial charge in [-0.2, -0.15) is 5.26 Å². The van der Waals surface area contributed by atoms with Gasteiger partial charge in [-0.15, -0.1) is 0 Å². The SMILES string of the molecule is COc1cc([C@H](C)O)cc(OC)c1OCc1ccc(C#N)cc1. The minimum absolute atomic E-state index is 0.312. The van der Waals surface area contributed by atoms with Gasteiger partial charge in [0, 0.05) is 0 Å². The highest BCUT2D eigenvalue weighted by Gasteiger charge is 2.16. The van der Waals surface area contributed by atoms with Crippen LogP contribution in [-0.2, 0) is 6.61 Å². The fourth-order valence-electron chi connectivity index (χ4n) is 2.11. The highest BCUT2D eigenvalue weighted by molar-refractivity contribution is 5.54. The Morgan fingerprint density at radius 2 is 1.65 bits per heavy atom. The van der Waals surface area contributed by atoms with Crippen molar-refractivity contribution in [1.82, 2.24) is 0 Å². The van der Waals surface area contributed by atoms with Gasteiger partial charge in [0.1, 0.15) is 6.61 Å². The summed E-state index contributed by atoms with van der Waals surface area (Å²) in [4.78, 5) is 0. The lowest BCUT2D eigenvalue weighted by Gasteiger charge is -2.17. The molecule has 120 valence electrons. The molecule has 0 bridgehead atoms. The molecule has 0 saturated heterocycles. The molecule has 2 aromatic rings. The molecule has 0 aromatic heterocycles. The molecule has 1 N–H and O–H groups in total. The summed E-state index contributed by atoms with van der Waals surface area (Å²) < 4.78 is 16.5. The average Bonchev–Trinajstić information content (AvgIpc) is 2.59. The molecule has 0 spiro atoms. The van der Waals surface area contributed by atoms with Gasteiger partial charge in [-0.1, -0.05) is 12.1 Å². The second-order valence-electron chi connectivity index (χ2n) is 5.03. The van der Waals surface area contributed by atoms with Crippen LogP contribution in [0.1, 0.15) is 29.7 Å². The number of nitriles is 1. The molecule has 0 aliphatic carbocycles. The molecule has 0 unspecified atom stereocenters. The summed E-state index contributed by atoms with van der Waals surface area (Å²) in [6.45, 7) is 1.98. The number of nitrogens with zero attached hydrogens (tertiary/aromatic N) is 1. The largest absolute Gasteiger partial charge is 0.493 e. The molecule has 0 aliphatic rings. The van der Waals surface area contributed by atoms with Crippen molar-refractivity contribution in [2.24, 2.45) is 0 Å². The lowest BCUT2D eigenvalue weighted by atomic mass is 10.1. The monoisotopic (exact) mass is 313 g/mol. The van der Waals surface area contributed by atoms with E-state index in [1.165, 1.54) is 14.2 Å². The van der Waals surface area contributed by atoms with E-state index in [-0.39, 0.29) is 0 Å². The summed E-state index contributed by atoms with van der Waals surface area (Å²) in [6, 6.07) is 12.7. The fraction of sp³-hybridized carbons (Fsp3) is 0.278. The molecule has 1 atom stereocenters. The number of benzene rings is 2. The molecule has 2 aromatic carbocycles. The van der Waals surface area contributed by atoms with Crippen molar-refractivity contribution >= 4 is 0 Å². The zero-order chi connectivity index (χ0) is 16.8. The van der Waals surface area contributed by atoms with Crippen molar-refractivity contribution in [2.45, 2.75) is 19.6 Å². The van der Waals surface area contributed by atoms with Crippen LogP contribution in [0.25, 0.3) is 0 Å². The van der Waals surface area contributed by atoms with Crippen molar-refractivity contribution < 1.29 is 19.3 Å². The van der Waals surface area contributed by atoms with Crippen LogP contribution in [0, 0.1) is 11.3 Å². The molecular weight excluding hydrogens is 294 g/mol. The molecule has 23 heavy (non-hydrogen) atoms. The third-order valence-electron chi connectivity index (χ3n) is 3.43. The van der Waals surface area contributed by atoms with E-state index in [1.54, 1.807) is 31.2 Å². The number of ether oxygens (including phenoxy) is 3. The van der Waals surface area contributed by atoms with Crippen LogP contribution in [-0.4, -0.2) is 19.3 Å². The van der Waals surface area contributed by atoms with Crippen LogP contribution >= 0.6 is 0 Å². The molecule has 2 rings (SSSR count). The summed E-state index contributed by atoms with van der Waals surface area (Å²) in [7, 11) is 3.07. The minimum Gasteiger partial charge on any atom is -0.493 e. The maximum absolute atomic E-state index is 9.73. The molecule has 0 radical (unpaired) electrons. The number of rotatable bonds is 6. The van der Waals surface area contributed by atoms with E-state index < -0.39 is 6.10 Å². The Bertz CT molecular complexity index is 677. The van der Waals surface area contributed by atoms with Gasteiger partial charge in [-0.25, -0.2) is 0 Å². The Hall–Kier alpha value is -2.71. The Kier molecular flexibility index (Phi) is 5.45. The first-order chi connectivity index (χ1) is 11.1. The summed E-state index contributed by atoms with van der Waals surface area (Å²) in [5.74, 6) is 1.46. The smallest absolute Gasteiger partial charge is 0.203 e. The van der Waals surface area contributed by atoms with Crippen molar-refractivity contribution in [3.8, 4) is 23.3 Å². The van der Waals surface area contributed by atoms with E-state index in [2.05, 4.69) is 6.07 Å². The van der Waals surface area contributed by atoms with Gasteiger partial charge in [0.05, 0.1) is 32.0 Å². The molecule has 0 heterocycles. The Balaban J connectivity index is 2.25. The van der Waals surface area contributed by atoms with Crippen LogP contribution in [0.5, 0.6) is 17.2 Å². The summed E-state index contributed by atoms with van der Waals surface area (Å²) >= 11 is 0. The number of hydrogen-bond acceptors (Lipinski definition) is 5. The van der Waals surface area contributed by atoms with E-state index >= 15 is 0 Å². The fourth-order valence-corrected chi connectivity index (χ4v) is 2.11. The topological polar surface area (TPSA) is 71.7 Å². The molecule has 0 aliphatic heterocycles. The van der Waals surface area contributed by atoms with E-state index in [0.29, 0.717) is 35.0 Å². The molecule has 0 saturated carbocycles. The third-order valence-corrected chi connectivity index (χ3v) is 3.43. The first-order valence-corrected chi connectivity index (χ1v) is 7.14. The van der Waals surface area contributed by atoms with Crippen LogP contribution in [0.15, 0.2) is 36.4 Å². The molecular formula is C18H19NO4. The van der Waals surface area contributed by atoms with E-state index in [9.17, 15) is 5.11 Å². The Labute approximate surface area is 135 Å². The van der Waals surface area contributed by atoms with Gasteiger partial charge in [0.25, 0.3) is 0 Å². The lowest BCUT2D eigenvalue weighted by Crippen LogP contribution is -2.02. The Morgan fingerprint density at radius 3 is 2.09 bits per heavy atom. The quantitative estimate of drug-likeness (QED) is 0.886. The number of aliphatic hydroxyl groups excluding tert-OH is 1. The summed E-state index contributed by atoms with van der Waals surface area (Å²) in [5, 5.41) is 18.5. The first kappa shape index (κ1) is 16.7. The van der Waals surface area contributed by atoms with Crippen LogP contribution in [0.4, 0.5) is 0 Å². The number of hydrogen-bond donors (Lipinski definition) is 1. The minimum atomic E-state index is -0.634. The molecule has 0 fully saturated rings. The van der Waals surface area contributed by atoms with Crippen LogP contribution in [0.3, 0.4) is 0 Å². The van der Waals surface area contributed by atoms with Crippen molar-refractivity contribution in [2.75, 3.05) is 14.2 Å².